The van der Waals surface area contributed by atoms with E-state index in [9.17, 15) is 14.9 Å². The highest BCUT2D eigenvalue weighted by Gasteiger charge is 2.23. The number of aryl methyl sites for hydroxylation is 2. The molecule has 2 rings (SSSR count). The summed E-state index contributed by atoms with van der Waals surface area (Å²) in [6, 6.07) is 9.63. The molecule has 0 saturated carbocycles. The summed E-state index contributed by atoms with van der Waals surface area (Å²) in [6.45, 7) is 6.79. The number of hydrogen-bond donors (Lipinski definition) is 0. The summed E-state index contributed by atoms with van der Waals surface area (Å²) in [5.74, 6) is -0.661. The summed E-state index contributed by atoms with van der Waals surface area (Å²) in [5.41, 5.74) is 2.67. The van der Waals surface area contributed by atoms with Crippen molar-refractivity contribution >= 4 is 35.1 Å². The standard InChI is InChI=1S/C23H26ClN3O6/c1-14-19(24)20(27(5)26-14)21(32-13-33-22(29)31-12-18(28)30-6)17(11-25)15-7-9-16(10-8-15)23(2,3)4/h7-10H,12-13H2,1-6H3/b21-17-. The van der Waals surface area contributed by atoms with Gasteiger partial charge in [-0.3, -0.25) is 4.68 Å². The van der Waals surface area contributed by atoms with Gasteiger partial charge in [0.15, 0.2) is 12.4 Å². The number of halogens is 1. The molecule has 2 aromatic rings. The molecule has 0 unspecified atom stereocenters. The molecule has 0 aliphatic rings. The molecule has 10 heteroatoms. The van der Waals surface area contributed by atoms with E-state index < -0.39 is 25.5 Å². The molecule has 0 radical (unpaired) electrons. The molecule has 33 heavy (non-hydrogen) atoms. The van der Waals surface area contributed by atoms with Crippen molar-refractivity contribution in [2.45, 2.75) is 33.1 Å². The van der Waals surface area contributed by atoms with E-state index in [1.807, 2.05) is 24.3 Å². The van der Waals surface area contributed by atoms with Crippen molar-refractivity contribution in [3.63, 3.8) is 0 Å². The van der Waals surface area contributed by atoms with E-state index in [1.54, 1.807) is 14.0 Å². The van der Waals surface area contributed by atoms with E-state index in [-0.39, 0.29) is 16.7 Å². The largest absolute Gasteiger partial charge is 0.511 e. The fourth-order valence-electron chi connectivity index (χ4n) is 2.88. The van der Waals surface area contributed by atoms with Gasteiger partial charge < -0.3 is 18.9 Å². The molecule has 0 fully saturated rings. The minimum atomic E-state index is -1.14. The van der Waals surface area contributed by atoms with Crippen molar-refractivity contribution < 1.29 is 28.5 Å². The van der Waals surface area contributed by atoms with Gasteiger partial charge in [-0.1, -0.05) is 56.6 Å². The third kappa shape index (κ3) is 6.49. The zero-order valence-corrected chi connectivity index (χ0v) is 20.1. The molecule has 0 aliphatic carbocycles. The highest BCUT2D eigenvalue weighted by Crippen LogP contribution is 2.34. The maximum absolute atomic E-state index is 11.7. The molecule has 0 amide bonds. The minimum Gasteiger partial charge on any atom is -0.466 e. The number of methoxy groups -OCH3 is 1. The molecule has 1 heterocycles. The second kappa shape index (κ2) is 10.9. The smallest absolute Gasteiger partial charge is 0.466 e. The number of esters is 1. The maximum atomic E-state index is 11.7. The van der Waals surface area contributed by atoms with Gasteiger partial charge in [0.1, 0.15) is 17.3 Å². The van der Waals surface area contributed by atoms with Crippen LogP contribution < -0.4 is 0 Å². The van der Waals surface area contributed by atoms with Crippen LogP contribution in [0.2, 0.25) is 5.02 Å². The van der Waals surface area contributed by atoms with Crippen molar-refractivity contribution in [1.82, 2.24) is 9.78 Å². The van der Waals surface area contributed by atoms with Gasteiger partial charge in [0, 0.05) is 7.05 Å². The van der Waals surface area contributed by atoms with Crippen LogP contribution in [0.15, 0.2) is 24.3 Å². The number of nitriles is 1. The first kappa shape index (κ1) is 25.7. The van der Waals surface area contributed by atoms with E-state index in [1.165, 1.54) is 4.68 Å². The first-order valence-electron chi connectivity index (χ1n) is 9.93. The summed E-state index contributed by atoms with van der Waals surface area (Å²) < 4.78 is 21.0. The number of benzene rings is 1. The van der Waals surface area contributed by atoms with Crippen molar-refractivity contribution in [2.75, 3.05) is 20.5 Å². The molecule has 0 saturated heterocycles. The Kier molecular flexibility index (Phi) is 8.49. The first-order valence-corrected chi connectivity index (χ1v) is 10.3. The summed E-state index contributed by atoms with van der Waals surface area (Å²) >= 11 is 6.43. The third-order valence-electron chi connectivity index (χ3n) is 4.66. The highest BCUT2D eigenvalue weighted by atomic mass is 35.5. The lowest BCUT2D eigenvalue weighted by molar-refractivity contribution is -0.145. The van der Waals surface area contributed by atoms with Gasteiger partial charge in [-0.15, -0.1) is 0 Å². The molecule has 1 aromatic carbocycles. The number of allylic oxidation sites excluding steroid dienone is 1. The normalized spacial score (nSPS) is 11.8. The number of carbonyl (C=O) groups is 2. The van der Waals surface area contributed by atoms with E-state index in [2.05, 4.69) is 41.4 Å². The molecule has 1 aromatic heterocycles. The van der Waals surface area contributed by atoms with Crippen molar-refractivity contribution in [1.29, 1.82) is 5.26 Å². The van der Waals surface area contributed by atoms with Crippen LogP contribution in [0.5, 0.6) is 0 Å². The van der Waals surface area contributed by atoms with E-state index in [0.29, 0.717) is 22.0 Å². The zero-order chi connectivity index (χ0) is 24.8. The zero-order valence-electron chi connectivity index (χ0n) is 19.4. The fourth-order valence-corrected chi connectivity index (χ4v) is 3.12. The van der Waals surface area contributed by atoms with Crippen LogP contribution in [0.3, 0.4) is 0 Å². The second-order valence-corrected chi connectivity index (χ2v) is 8.41. The monoisotopic (exact) mass is 475 g/mol. The van der Waals surface area contributed by atoms with Gasteiger partial charge in [0.05, 0.1) is 17.8 Å². The van der Waals surface area contributed by atoms with Gasteiger partial charge in [-0.2, -0.15) is 10.4 Å². The summed E-state index contributed by atoms with van der Waals surface area (Å²) in [4.78, 5) is 22.8. The van der Waals surface area contributed by atoms with Gasteiger partial charge in [-0.25, -0.2) is 9.59 Å². The average molecular weight is 476 g/mol. The SMILES string of the molecule is COC(=O)COC(=O)OCO/C(=C(/C#N)c1ccc(C(C)(C)C)cc1)c1c(Cl)c(C)nn1C. The average Bonchev–Trinajstić information content (AvgIpc) is 3.02. The lowest BCUT2D eigenvalue weighted by Crippen LogP contribution is -2.17. The van der Waals surface area contributed by atoms with Crippen LogP contribution in [0.1, 0.15) is 43.3 Å². The minimum absolute atomic E-state index is 0.0603. The molecular weight excluding hydrogens is 450 g/mol. The Hall–Kier alpha value is -3.51. The highest BCUT2D eigenvalue weighted by molar-refractivity contribution is 6.33. The Morgan fingerprint density at radius 1 is 1.15 bits per heavy atom. The molecule has 0 aliphatic heterocycles. The quantitative estimate of drug-likeness (QED) is 0.251. The fraction of sp³-hybridized carbons (Fsp3) is 0.391. The maximum Gasteiger partial charge on any atom is 0.511 e. The molecule has 176 valence electrons. The molecule has 0 atom stereocenters. The molecule has 9 nitrogen and oxygen atoms in total. The molecular formula is C23H26ClN3O6. The van der Waals surface area contributed by atoms with E-state index in [0.717, 1.165) is 12.7 Å². The summed E-state index contributed by atoms with van der Waals surface area (Å²) in [7, 11) is 2.81. The van der Waals surface area contributed by atoms with E-state index >= 15 is 0 Å². The Labute approximate surface area is 197 Å². The van der Waals surface area contributed by atoms with Crippen LogP contribution in [-0.4, -0.2) is 42.4 Å². The summed E-state index contributed by atoms with van der Waals surface area (Å²) in [5, 5.41) is 14.5. The van der Waals surface area contributed by atoms with E-state index in [4.69, 9.17) is 21.1 Å². The van der Waals surface area contributed by atoms with Crippen LogP contribution in [0, 0.1) is 18.3 Å². The van der Waals surface area contributed by atoms with Crippen LogP contribution >= 0.6 is 11.6 Å². The van der Waals surface area contributed by atoms with Gasteiger partial charge in [0.2, 0.25) is 6.79 Å². The van der Waals surface area contributed by atoms with Crippen LogP contribution in [0.25, 0.3) is 11.3 Å². The van der Waals surface area contributed by atoms with Gasteiger partial charge >= 0.3 is 12.1 Å². The lowest BCUT2D eigenvalue weighted by atomic mass is 9.86. The number of rotatable bonds is 7. The third-order valence-corrected chi connectivity index (χ3v) is 5.11. The Morgan fingerprint density at radius 3 is 2.27 bits per heavy atom. The van der Waals surface area contributed by atoms with Crippen LogP contribution in [-0.2, 0) is 36.2 Å². The topological polar surface area (TPSA) is 113 Å². The predicted molar refractivity (Wildman–Crippen MR) is 121 cm³/mol. The Morgan fingerprint density at radius 2 is 1.79 bits per heavy atom. The lowest BCUT2D eigenvalue weighted by Gasteiger charge is -2.19. The van der Waals surface area contributed by atoms with Crippen molar-refractivity contribution in [3.05, 3.63) is 51.8 Å². The van der Waals surface area contributed by atoms with Gasteiger partial charge in [-0.05, 0) is 23.5 Å². The number of hydrogen-bond acceptors (Lipinski definition) is 8. The van der Waals surface area contributed by atoms with Crippen molar-refractivity contribution in [3.8, 4) is 6.07 Å². The molecule has 0 N–H and O–H groups in total. The first-order chi connectivity index (χ1) is 15.5. The number of nitrogens with zero attached hydrogens (tertiary/aromatic N) is 3. The van der Waals surface area contributed by atoms with Crippen molar-refractivity contribution in [2.24, 2.45) is 7.05 Å². The molecule has 0 spiro atoms. The van der Waals surface area contributed by atoms with Crippen LogP contribution in [0.4, 0.5) is 4.79 Å². The number of aromatic nitrogens is 2. The number of carbonyl (C=O) groups excluding carboxylic acids is 2. The Balaban J connectivity index is 2.39. The summed E-state index contributed by atoms with van der Waals surface area (Å²) in [6.07, 6.45) is -1.14. The Bertz CT molecular complexity index is 1090. The van der Waals surface area contributed by atoms with Gasteiger partial charge in [0.25, 0.3) is 0 Å². The number of ether oxygens (including phenoxy) is 4. The predicted octanol–water partition coefficient (Wildman–Crippen LogP) is 4.37. The molecule has 0 bridgehead atoms. The second-order valence-electron chi connectivity index (χ2n) is 8.04.